The molecule has 0 saturated carbocycles. The Morgan fingerprint density at radius 1 is 1.27 bits per heavy atom. The molecule has 0 saturated heterocycles. The molecule has 0 aliphatic heterocycles. The highest BCUT2D eigenvalue weighted by Gasteiger charge is 2.16. The molecule has 2 N–H and O–H groups in total. The van der Waals surface area contributed by atoms with Crippen LogP contribution in [-0.4, -0.2) is 29.9 Å². The Hall–Kier alpha value is -2.15. The SMILES string of the molecule is Cc1nc(C(C)C)sc1C(=O)NCCNC(=O)c1ccco1. The van der Waals surface area contributed by atoms with E-state index in [0.717, 1.165) is 10.7 Å². The first-order chi connectivity index (χ1) is 10.5. The Morgan fingerprint density at radius 3 is 2.50 bits per heavy atom. The van der Waals surface area contributed by atoms with Crippen molar-refractivity contribution in [1.29, 1.82) is 0 Å². The van der Waals surface area contributed by atoms with E-state index in [4.69, 9.17) is 4.42 Å². The van der Waals surface area contributed by atoms with Crippen LogP contribution in [0.2, 0.25) is 0 Å². The van der Waals surface area contributed by atoms with Gasteiger partial charge in [-0.05, 0) is 19.1 Å². The predicted octanol–water partition coefficient (Wildman–Crippen LogP) is 2.33. The number of nitrogens with one attached hydrogen (secondary N) is 2. The van der Waals surface area contributed by atoms with Gasteiger partial charge in [0.2, 0.25) is 0 Å². The van der Waals surface area contributed by atoms with Crippen molar-refractivity contribution >= 4 is 23.2 Å². The molecule has 2 aromatic rings. The minimum Gasteiger partial charge on any atom is -0.459 e. The van der Waals surface area contributed by atoms with Crippen molar-refractivity contribution in [2.75, 3.05) is 13.1 Å². The zero-order chi connectivity index (χ0) is 16.1. The molecule has 0 unspecified atom stereocenters. The van der Waals surface area contributed by atoms with Crippen molar-refractivity contribution in [3.63, 3.8) is 0 Å². The van der Waals surface area contributed by atoms with Crippen molar-refractivity contribution in [1.82, 2.24) is 15.6 Å². The molecule has 2 rings (SSSR count). The Morgan fingerprint density at radius 2 is 1.95 bits per heavy atom. The summed E-state index contributed by atoms with van der Waals surface area (Å²) in [6.07, 6.45) is 1.44. The second kappa shape index (κ2) is 7.22. The van der Waals surface area contributed by atoms with Crippen LogP contribution in [0.1, 0.15) is 50.7 Å². The normalized spacial score (nSPS) is 10.7. The van der Waals surface area contributed by atoms with E-state index in [1.807, 2.05) is 20.8 Å². The fourth-order valence-corrected chi connectivity index (χ4v) is 2.79. The van der Waals surface area contributed by atoms with Gasteiger partial charge in [-0.1, -0.05) is 13.8 Å². The van der Waals surface area contributed by atoms with Crippen LogP contribution in [0.15, 0.2) is 22.8 Å². The highest BCUT2D eigenvalue weighted by atomic mass is 32.1. The molecule has 22 heavy (non-hydrogen) atoms. The van der Waals surface area contributed by atoms with E-state index < -0.39 is 0 Å². The van der Waals surface area contributed by atoms with Crippen LogP contribution in [0.4, 0.5) is 0 Å². The Bertz CT molecular complexity index is 647. The maximum atomic E-state index is 12.1. The molecule has 7 heteroatoms. The van der Waals surface area contributed by atoms with Crippen LogP contribution in [-0.2, 0) is 0 Å². The van der Waals surface area contributed by atoms with Gasteiger partial charge in [-0.2, -0.15) is 0 Å². The molecule has 0 fully saturated rings. The number of aryl methyl sites for hydroxylation is 1. The molecule has 0 atom stereocenters. The number of furan rings is 1. The van der Waals surface area contributed by atoms with Crippen LogP contribution < -0.4 is 10.6 Å². The highest BCUT2D eigenvalue weighted by molar-refractivity contribution is 7.13. The van der Waals surface area contributed by atoms with E-state index in [9.17, 15) is 9.59 Å². The number of hydrogen-bond acceptors (Lipinski definition) is 5. The van der Waals surface area contributed by atoms with Crippen molar-refractivity contribution in [3.05, 3.63) is 39.7 Å². The summed E-state index contributed by atoms with van der Waals surface area (Å²) in [7, 11) is 0. The zero-order valence-corrected chi connectivity index (χ0v) is 13.6. The number of carbonyl (C=O) groups is 2. The molecule has 0 spiro atoms. The minimum absolute atomic E-state index is 0.158. The van der Waals surface area contributed by atoms with Crippen LogP contribution >= 0.6 is 11.3 Å². The molecule has 0 aromatic carbocycles. The lowest BCUT2D eigenvalue weighted by Gasteiger charge is -2.05. The van der Waals surface area contributed by atoms with Gasteiger partial charge in [-0.3, -0.25) is 9.59 Å². The average molecular weight is 321 g/mol. The lowest BCUT2D eigenvalue weighted by Crippen LogP contribution is -2.34. The summed E-state index contributed by atoms with van der Waals surface area (Å²) in [5.41, 5.74) is 0.742. The maximum Gasteiger partial charge on any atom is 0.287 e. The van der Waals surface area contributed by atoms with Gasteiger partial charge >= 0.3 is 0 Å². The van der Waals surface area contributed by atoms with E-state index in [1.54, 1.807) is 12.1 Å². The molecule has 0 bridgehead atoms. The Balaban J connectivity index is 1.79. The quantitative estimate of drug-likeness (QED) is 0.800. The fourth-order valence-electron chi connectivity index (χ4n) is 1.80. The lowest BCUT2D eigenvalue weighted by atomic mass is 10.2. The van der Waals surface area contributed by atoms with Gasteiger partial charge < -0.3 is 15.1 Å². The molecule has 0 aliphatic carbocycles. The minimum atomic E-state index is -0.296. The van der Waals surface area contributed by atoms with Crippen molar-refractivity contribution in [3.8, 4) is 0 Å². The van der Waals surface area contributed by atoms with Crippen molar-refractivity contribution in [2.24, 2.45) is 0 Å². The molecule has 0 aliphatic rings. The first-order valence-corrected chi connectivity index (χ1v) is 7.88. The number of amides is 2. The summed E-state index contributed by atoms with van der Waals surface area (Å²) < 4.78 is 4.98. The van der Waals surface area contributed by atoms with Gasteiger partial charge in [0.1, 0.15) is 4.88 Å². The summed E-state index contributed by atoms with van der Waals surface area (Å²) in [4.78, 5) is 28.8. The first-order valence-electron chi connectivity index (χ1n) is 7.06. The average Bonchev–Trinajstić information content (AvgIpc) is 3.12. The highest BCUT2D eigenvalue weighted by Crippen LogP contribution is 2.24. The van der Waals surface area contributed by atoms with Crippen molar-refractivity contribution in [2.45, 2.75) is 26.7 Å². The zero-order valence-electron chi connectivity index (χ0n) is 12.8. The van der Waals surface area contributed by atoms with E-state index in [2.05, 4.69) is 15.6 Å². The summed E-state index contributed by atoms with van der Waals surface area (Å²) in [5, 5.41) is 6.40. The number of thiazole rings is 1. The van der Waals surface area contributed by atoms with Gasteiger partial charge in [0.05, 0.1) is 17.0 Å². The summed E-state index contributed by atoms with van der Waals surface area (Å²) in [6.45, 7) is 6.60. The molecule has 6 nitrogen and oxygen atoms in total. The van der Waals surface area contributed by atoms with Gasteiger partial charge in [0, 0.05) is 19.0 Å². The van der Waals surface area contributed by atoms with E-state index in [-0.39, 0.29) is 17.6 Å². The number of nitrogens with zero attached hydrogens (tertiary/aromatic N) is 1. The third-order valence-electron chi connectivity index (χ3n) is 2.95. The molecule has 118 valence electrons. The van der Waals surface area contributed by atoms with E-state index in [0.29, 0.717) is 23.9 Å². The number of carbonyl (C=O) groups excluding carboxylic acids is 2. The maximum absolute atomic E-state index is 12.1. The van der Waals surface area contributed by atoms with Gasteiger partial charge in [0.15, 0.2) is 5.76 Å². The second-order valence-electron chi connectivity index (χ2n) is 5.11. The molecular weight excluding hydrogens is 302 g/mol. The Labute approximate surface area is 132 Å². The first kappa shape index (κ1) is 16.2. The molecule has 2 aromatic heterocycles. The number of aromatic nitrogens is 1. The van der Waals surface area contributed by atoms with Crippen LogP contribution in [0.3, 0.4) is 0 Å². The second-order valence-corrected chi connectivity index (χ2v) is 6.14. The fraction of sp³-hybridized carbons (Fsp3) is 0.400. The third-order valence-corrected chi connectivity index (χ3v) is 4.41. The standard InChI is InChI=1S/C15H19N3O3S/c1-9(2)15-18-10(3)12(22-15)14(20)17-7-6-16-13(19)11-5-4-8-21-11/h4-5,8-9H,6-7H2,1-3H3,(H,16,19)(H,17,20). The Kier molecular flexibility index (Phi) is 5.32. The van der Waals surface area contributed by atoms with Gasteiger partial charge in [0.25, 0.3) is 11.8 Å². The van der Waals surface area contributed by atoms with E-state index in [1.165, 1.54) is 17.6 Å². The third kappa shape index (κ3) is 3.94. The van der Waals surface area contributed by atoms with E-state index >= 15 is 0 Å². The molecule has 0 radical (unpaired) electrons. The lowest BCUT2D eigenvalue weighted by molar-refractivity contribution is 0.0911. The number of rotatable bonds is 6. The summed E-state index contributed by atoms with van der Waals surface area (Å²) >= 11 is 1.41. The summed E-state index contributed by atoms with van der Waals surface area (Å²) in [6, 6.07) is 3.23. The molecular formula is C15H19N3O3S. The summed E-state index contributed by atoms with van der Waals surface area (Å²) in [5.74, 6) is 0.105. The monoisotopic (exact) mass is 321 g/mol. The largest absolute Gasteiger partial charge is 0.459 e. The van der Waals surface area contributed by atoms with Gasteiger partial charge in [-0.25, -0.2) is 4.98 Å². The van der Waals surface area contributed by atoms with Gasteiger partial charge in [-0.15, -0.1) is 11.3 Å². The molecule has 2 amide bonds. The topological polar surface area (TPSA) is 84.2 Å². The predicted molar refractivity (Wildman–Crippen MR) is 84.3 cm³/mol. The van der Waals surface area contributed by atoms with Crippen LogP contribution in [0, 0.1) is 6.92 Å². The molecule has 2 heterocycles. The van der Waals surface area contributed by atoms with Crippen LogP contribution in [0.5, 0.6) is 0 Å². The van der Waals surface area contributed by atoms with Crippen molar-refractivity contribution < 1.29 is 14.0 Å². The number of hydrogen-bond donors (Lipinski definition) is 2. The van der Waals surface area contributed by atoms with Crippen LogP contribution in [0.25, 0.3) is 0 Å². The smallest absolute Gasteiger partial charge is 0.287 e.